The number of aliphatic hydroxyl groups excluding tert-OH is 1. The molecule has 2 N–H and O–H groups in total. The van der Waals surface area contributed by atoms with Crippen LogP contribution in [0.15, 0.2) is 18.3 Å². The minimum absolute atomic E-state index is 0.316. The van der Waals surface area contributed by atoms with Crippen LogP contribution in [0.4, 0.5) is 0 Å². The molecule has 0 aromatic carbocycles. The topological polar surface area (TPSA) is 37.2 Å². The molecule has 0 aliphatic heterocycles. The van der Waals surface area contributed by atoms with Crippen molar-refractivity contribution in [2.45, 2.75) is 45.7 Å². The van der Waals surface area contributed by atoms with E-state index < -0.39 is 0 Å². The van der Waals surface area contributed by atoms with Crippen LogP contribution in [-0.4, -0.2) is 22.8 Å². The first kappa shape index (κ1) is 13.3. The normalized spacial score (nSPS) is 10.9. The molecule has 0 saturated heterocycles. The van der Waals surface area contributed by atoms with E-state index in [0.29, 0.717) is 6.61 Å². The molecule has 0 saturated carbocycles. The van der Waals surface area contributed by atoms with E-state index in [1.807, 2.05) is 0 Å². The number of hydrogen-bond donors (Lipinski definition) is 2. The molecule has 1 aromatic heterocycles. The molecule has 16 heavy (non-hydrogen) atoms. The van der Waals surface area contributed by atoms with Gasteiger partial charge in [0.05, 0.1) is 0 Å². The molecular weight excluding hydrogens is 200 g/mol. The van der Waals surface area contributed by atoms with Crippen LogP contribution < -0.4 is 5.32 Å². The van der Waals surface area contributed by atoms with E-state index in [9.17, 15) is 0 Å². The Hall–Kier alpha value is -0.800. The number of unbranched alkanes of at least 4 members (excludes halogenated alkanes) is 2. The minimum Gasteiger partial charge on any atom is -0.396 e. The molecule has 0 aliphatic rings. The van der Waals surface area contributed by atoms with Crippen LogP contribution in [0.25, 0.3) is 0 Å². The summed E-state index contributed by atoms with van der Waals surface area (Å²) in [7, 11) is 0. The second kappa shape index (κ2) is 8.36. The maximum absolute atomic E-state index is 8.70. The fourth-order valence-corrected chi connectivity index (χ4v) is 1.79. The summed E-state index contributed by atoms with van der Waals surface area (Å²) in [6, 6.07) is 4.28. The quantitative estimate of drug-likeness (QED) is 0.631. The van der Waals surface area contributed by atoms with Gasteiger partial charge in [0.25, 0.3) is 0 Å². The molecule has 0 aliphatic carbocycles. The SMILES string of the molecule is CCCNCc1cccn1CCCCCO. The highest BCUT2D eigenvalue weighted by Crippen LogP contribution is 2.05. The summed E-state index contributed by atoms with van der Waals surface area (Å²) in [6.45, 7) is 5.60. The van der Waals surface area contributed by atoms with Crippen LogP contribution in [-0.2, 0) is 13.1 Å². The zero-order valence-corrected chi connectivity index (χ0v) is 10.3. The largest absolute Gasteiger partial charge is 0.396 e. The molecule has 92 valence electrons. The number of aliphatic hydroxyl groups is 1. The fraction of sp³-hybridized carbons (Fsp3) is 0.692. The highest BCUT2D eigenvalue weighted by molar-refractivity contribution is 5.06. The van der Waals surface area contributed by atoms with Crippen LogP contribution in [0.5, 0.6) is 0 Å². The second-order valence-corrected chi connectivity index (χ2v) is 4.15. The van der Waals surface area contributed by atoms with Crippen LogP contribution in [0, 0.1) is 0 Å². The van der Waals surface area contributed by atoms with Gasteiger partial charge in [0.1, 0.15) is 0 Å². The van der Waals surface area contributed by atoms with Gasteiger partial charge >= 0.3 is 0 Å². The predicted octanol–water partition coefficient (Wildman–Crippen LogP) is 2.15. The van der Waals surface area contributed by atoms with Gasteiger partial charge < -0.3 is 15.0 Å². The summed E-state index contributed by atoms with van der Waals surface area (Å²) in [5.74, 6) is 0. The van der Waals surface area contributed by atoms with Gasteiger partial charge in [-0.15, -0.1) is 0 Å². The van der Waals surface area contributed by atoms with E-state index in [1.54, 1.807) is 0 Å². The first-order valence-electron chi connectivity index (χ1n) is 6.34. The Kier molecular flexibility index (Phi) is 6.93. The van der Waals surface area contributed by atoms with E-state index in [4.69, 9.17) is 5.11 Å². The number of hydrogen-bond acceptors (Lipinski definition) is 2. The third-order valence-corrected chi connectivity index (χ3v) is 2.71. The van der Waals surface area contributed by atoms with Crippen molar-refractivity contribution in [1.29, 1.82) is 0 Å². The number of nitrogens with zero attached hydrogens (tertiary/aromatic N) is 1. The molecule has 3 nitrogen and oxygen atoms in total. The first-order chi connectivity index (χ1) is 7.88. The van der Waals surface area contributed by atoms with Crippen molar-refractivity contribution in [3.8, 4) is 0 Å². The lowest BCUT2D eigenvalue weighted by Crippen LogP contribution is -2.16. The third kappa shape index (κ3) is 4.81. The maximum Gasteiger partial charge on any atom is 0.0431 e. The van der Waals surface area contributed by atoms with Crippen molar-refractivity contribution >= 4 is 0 Å². The summed E-state index contributed by atoms with van der Waals surface area (Å²) in [4.78, 5) is 0. The molecule has 0 bridgehead atoms. The number of aryl methyl sites for hydroxylation is 1. The summed E-state index contributed by atoms with van der Waals surface area (Å²) in [6.07, 6.45) is 6.50. The fourth-order valence-electron chi connectivity index (χ4n) is 1.79. The number of aromatic nitrogens is 1. The standard InChI is InChI=1S/C13H24N2O/c1-2-8-14-12-13-7-6-10-15(13)9-4-3-5-11-16/h6-7,10,14,16H,2-5,8-9,11-12H2,1H3. The summed E-state index contributed by atoms with van der Waals surface area (Å²) in [5, 5.41) is 12.1. The Morgan fingerprint density at radius 2 is 2.19 bits per heavy atom. The predicted molar refractivity (Wildman–Crippen MR) is 67.4 cm³/mol. The zero-order valence-electron chi connectivity index (χ0n) is 10.3. The second-order valence-electron chi connectivity index (χ2n) is 4.15. The van der Waals surface area contributed by atoms with Gasteiger partial charge in [-0.2, -0.15) is 0 Å². The van der Waals surface area contributed by atoms with Gasteiger partial charge in [0.15, 0.2) is 0 Å². The van der Waals surface area contributed by atoms with Crippen molar-refractivity contribution < 1.29 is 5.11 Å². The molecule has 1 rings (SSSR count). The van der Waals surface area contributed by atoms with Gasteiger partial charge in [0, 0.05) is 31.6 Å². The molecule has 3 heteroatoms. The van der Waals surface area contributed by atoms with E-state index in [-0.39, 0.29) is 0 Å². The maximum atomic E-state index is 8.70. The Bertz CT molecular complexity index is 271. The Labute approximate surface area is 98.5 Å². The van der Waals surface area contributed by atoms with Gasteiger partial charge in [-0.1, -0.05) is 6.92 Å². The molecule has 0 atom stereocenters. The number of nitrogens with one attached hydrogen (secondary N) is 1. The molecule has 0 fully saturated rings. The highest BCUT2D eigenvalue weighted by Gasteiger charge is 1.99. The van der Waals surface area contributed by atoms with E-state index in [1.165, 1.54) is 12.1 Å². The van der Waals surface area contributed by atoms with Crippen molar-refractivity contribution in [3.63, 3.8) is 0 Å². The van der Waals surface area contributed by atoms with Gasteiger partial charge in [-0.3, -0.25) is 0 Å². The van der Waals surface area contributed by atoms with Crippen molar-refractivity contribution in [2.75, 3.05) is 13.2 Å². The lowest BCUT2D eigenvalue weighted by atomic mass is 10.2. The van der Waals surface area contributed by atoms with Crippen molar-refractivity contribution in [2.24, 2.45) is 0 Å². The van der Waals surface area contributed by atoms with Crippen LogP contribution in [0.3, 0.4) is 0 Å². The molecule has 1 aromatic rings. The first-order valence-corrected chi connectivity index (χ1v) is 6.34. The monoisotopic (exact) mass is 224 g/mol. The van der Waals surface area contributed by atoms with Crippen molar-refractivity contribution in [3.05, 3.63) is 24.0 Å². The lowest BCUT2D eigenvalue weighted by molar-refractivity contribution is 0.281. The van der Waals surface area contributed by atoms with Gasteiger partial charge in [-0.25, -0.2) is 0 Å². The molecule has 0 spiro atoms. The third-order valence-electron chi connectivity index (χ3n) is 2.71. The average Bonchev–Trinajstić information content (AvgIpc) is 2.73. The van der Waals surface area contributed by atoms with Gasteiger partial charge in [0.2, 0.25) is 0 Å². The minimum atomic E-state index is 0.316. The Morgan fingerprint density at radius 1 is 1.31 bits per heavy atom. The molecule has 0 unspecified atom stereocenters. The average molecular weight is 224 g/mol. The van der Waals surface area contributed by atoms with E-state index in [0.717, 1.165) is 38.9 Å². The number of rotatable bonds is 9. The summed E-state index contributed by atoms with van der Waals surface area (Å²) >= 11 is 0. The van der Waals surface area contributed by atoms with Gasteiger partial charge in [-0.05, 0) is 44.4 Å². The smallest absolute Gasteiger partial charge is 0.0431 e. The van der Waals surface area contributed by atoms with Crippen molar-refractivity contribution in [1.82, 2.24) is 9.88 Å². The summed E-state index contributed by atoms with van der Waals surface area (Å²) in [5.41, 5.74) is 1.36. The Morgan fingerprint density at radius 3 is 2.94 bits per heavy atom. The van der Waals surface area contributed by atoms with Crippen LogP contribution >= 0.6 is 0 Å². The van der Waals surface area contributed by atoms with Crippen LogP contribution in [0.2, 0.25) is 0 Å². The van der Waals surface area contributed by atoms with E-state index in [2.05, 4.69) is 35.1 Å². The Balaban J connectivity index is 2.26. The van der Waals surface area contributed by atoms with Crippen LogP contribution in [0.1, 0.15) is 38.3 Å². The lowest BCUT2D eigenvalue weighted by Gasteiger charge is -2.09. The van der Waals surface area contributed by atoms with E-state index >= 15 is 0 Å². The highest BCUT2D eigenvalue weighted by atomic mass is 16.2. The molecule has 0 amide bonds. The molecule has 1 heterocycles. The zero-order chi connectivity index (χ0) is 11.6. The summed E-state index contributed by atoms with van der Waals surface area (Å²) < 4.78 is 2.31. The molecular formula is C13H24N2O. The molecule has 0 radical (unpaired) electrons.